The molecule has 1 aromatic carbocycles. The van der Waals surface area contributed by atoms with Crippen molar-refractivity contribution in [1.82, 2.24) is 4.98 Å². The molecule has 172 valence electrons. The Bertz CT molecular complexity index is 1320. The number of ether oxygens (including phenoxy) is 2. The number of rotatable bonds is 7. The molecule has 1 aliphatic rings. The average Bonchev–Trinajstić information content (AvgIpc) is 3.23. The van der Waals surface area contributed by atoms with Gasteiger partial charge in [0.05, 0.1) is 36.8 Å². The molecular weight excluding hydrogens is 468 g/mol. The summed E-state index contributed by atoms with van der Waals surface area (Å²) in [5.41, 5.74) is 3.52. The highest BCUT2D eigenvalue weighted by atomic mass is 32.2. The molecule has 1 amide bonds. The van der Waals surface area contributed by atoms with Crippen molar-refractivity contribution in [2.75, 3.05) is 25.3 Å². The van der Waals surface area contributed by atoms with E-state index >= 15 is 0 Å². The SMILES string of the molecule is COc1ccc(-c2ccc(C#N)c(SCC(=O)Nc3sc4c(c3C#N)CCCC4)n2)cc1OC. The minimum atomic E-state index is -0.234. The van der Waals surface area contributed by atoms with Crippen molar-refractivity contribution in [2.24, 2.45) is 0 Å². The maximum absolute atomic E-state index is 12.7. The van der Waals surface area contributed by atoms with E-state index in [1.54, 1.807) is 32.4 Å². The lowest BCUT2D eigenvalue weighted by atomic mass is 9.96. The summed E-state index contributed by atoms with van der Waals surface area (Å²) in [6.07, 6.45) is 4.02. The van der Waals surface area contributed by atoms with Crippen molar-refractivity contribution in [1.29, 1.82) is 10.5 Å². The minimum absolute atomic E-state index is 0.0739. The van der Waals surface area contributed by atoms with Gasteiger partial charge in [0.25, 0.3) is 0 Å². The van der Waals surface area contributed by atoms with Gasteiger partial charge in [-0.2, -0.15) is 10.5 Å². The van der Waals surface area contributed by atoms with Gasteiger partial charge in [-0.25, -0.2) is 4.98 Å². The Labute approximate surface area is 206 Å². The van der Waals surface area contributed by atoms with E-state index in [-0.39, 0.29) is 11.7 Å². The molecule has 0 unspecified atom stereocenters. The number of benzene rings is 1. The number of methoxy groups -OCH3 is 2. The molecule has 3 aromatic rings. The number of aromatic nitrogens is 1. The van der Waals surface area contributed by atoms with Crippen LogP contribution in [0.4, 0.5) is 5.00 Å². The van der Waals surface area contributed by atoms with Crippen molar-refractivity contribution in [2.45, 2.75) is 30.7 Å². The van der Waals surface area contributed by atoms with Gasteiger partial charge in [0.15, 0.2) is 11.5 Å². The third-order valence-electron chi connectivity index (χ3n) is 5.54. The molecule has 2 aromatic heterocycles. The van der Waals surface area contributed by atoms with E-state index in [2.05, 4.69) is 22.4 Å². The fraction of sp³-hybridized carbons (Fsp3) is 0.280. The number of fused-ring (bicyclic) bond motifs is 1. The van der Waals surface area contributed by atoms with E-state index in [0.717, 1.165) is 36.8 Å². The maximum Gasteiger partial charge on any atom is 0.235 e. The van der Waals surface area contributed by atoms with Crippen LogP contribution in [0.1, 0.15) is 34.4 Å². The van der Waals surface area contributed by atoms with Gasteiger partial charge in [-0.05, 0) is 61.6 Å². The van der Waals surface area contributed by atoms with Crippen LogP contribution in [0, 0.1) is 22.7 Å². The third kappa shape index (κ3) is 4.86. The van der Waals surface area contributed by atoms with Crippen LogP contribution >= 0.6 is 23.1 Å². The highest BCUT2D eigenvalue weighted by Crippen LogP contribution is 2.38. The van der Waals surface area contributed by atoms with Crippen LogP contribution in [-0.2, 0) is 17.6 Å². The summed E-state index contributed by atoms with van der Waals surface area (Å²) in [4.78, 5) is 18.5. The smallest absolute Gasteiger partial charge is 0.235 e. The number of pyridine rings is 1. The normalized spacial score (nSPS) is 12.2. The molecule has 0 bridgehead atoms. The van der Waals surface area contributed by atoms with Crippen LogP contribution in [0.3, 0.4) is 0 Å². The molecule has 4 rings (SSSR count). The largest absolute Gasteiger partial charge is 0.493 e. The standard InChI is InChI=1S/C25H22N4O3S2/c1-31-20-10-8-15(11-21(20)32-2)19-9-7-16(12-26)24(28-19)33-14-23(30)29-25-18(13-27)17-5-3-4-6-22(17)34-25/h7-11H,3-6,14H2,1-2H3,(H,29,30). The van der Waals surface area contributed by atoms with Crippen molar-refractivity contribution in [3.63, 3.8) is 0 Å². The second-order valence-corrected chi connectivity index (χ2v) is 9.66. The van der Waals surface area contributed by atoms with Gasteiger partial charge in [0.2, 0.25) is 5.91 Å². The number of carbonyl (C=O) groups excluding carboxylic acids is 1. The molecule has 0 fully saturated rings. The summed E-state index contributed by atoms with van der Waals surface area (Å²) in [5, 5.41) is 23.1. The Morgan fingerprint density at radius 1 is 1.12 bits per heavy atom. The van der Waals surface area contributed by atoms with E-state index in [1.165, 1.54) is 28.0 Å². The van der Waals surface area contributed by atoms with Crippen molar-refractivity contribution in [3.8, 4) is 34.9 Å². The molecule has 0 radical (unpaired) electrons. The van der Waals surface area contributed by atoms with Crippen LogP contribution in [-0.4, -0.2) is 30.9 Å². The summed E-state index contributed by atoms with van der Waals surface area (Å²) >= 11 is 2.69. The lowest BCUT2D eigenvalue weighted by molar-refractivity contribution is -0.113. The molecule has 0 atom stereocenters. The Morgan fingerprint density at radius 2 is 1.91 bits per heavy atom. The van der Waals surface area contributed by atoms with Crippen molar-refractivity contribution < 1.29 is 14.3 Å². The number of anilines is 1. The highest BCUT2D eigenvalue weighted by Gasteiger charge is 2.22. The lowest BCUT2D eigenvalue weighted by Gasteiger charge is -2.11. The second-order valence-electron chi connectivity index (χ2n) is 7.59. The van der Waals surface area contributed by atoms with E-state index in [4.69, 9.17) is 9.47 Å². The fourth-order valence-corrected chi connectivity index (χ4v) is 5.89. The molecule has 34 heavy (non-hydrogen) atoms. The van der Waals surface area contributed by atoms with Crippen LogP contribution < -0.4 is 14.8 Å². The highest BCUT2D eigenvalue weighted by molar-refractivity contribution is 8.00. The topological polar surface area (TPSA) is 108 Å². The number of nitriles is 2. The Morgan fingerprint density at radius 3 is 2.65 bits per heavy atom. The molecule has 0 spiro atoms. The van der Waals surface area contributed by atoms with Crippen molar-refractivity contribution in [3.05, 3.63) is 51.9 Å². The zero-order chi connectivity index (χ0) is 24.1. The molecule has 0 saturated heterocycles. The number of thiophene rings is 1. The van der Waals surface area contributed by atoms with Crippen LogP contribution in [0.25, 0.3) is 11.3 Å². The van der Waals surface area contributed by atoms with Gasteiger partial charge in [-0.3, -0.25) is 4.79 Å². The lowest BCUT2D eigenvalue weighted by Crippen LogP contribution is -2.14. The number of hydrogen-bond acceptors (Lipinski definition) is 8. The second kappa shape index (κ2) is 10.6. The number of nitrogens with one attached hydrogen (secondary N) is 1. The van der Waals surface area contributed by atoms with E-state index in [0.29, 0.717) is 38.3 Å². The fourth-order valence-electron chi connectivity index (χ4n) is 3.86. The number of nitrogens with zero attached hydrogens (tertiary/aromatic N) is 3. The van der Waals surface area contributed by atoms with Gasteiger partial charge in [-0.1, -0.05) is 11.8 Å². The third-order valence-corrected chi connectivity index (χ3v) is 7.73. The first-order valence-electron chi connectivity index (χ1n) is 10.7. The summed E-state index contributed by atoms with van der Waals surface area (Å²) in [6, 6.07) is 13.3. The summed E-state index contributed by atoms with van der Waals surface area (Å²) in [5.74, 6) is 1.02. The first-order valence-corrected chi connectivity index (χ1v) is 12.5. The van der Waals surface area contributed by atoms with Gasteiger partial charge in [0.1, 0.15) is 22.2 Å². The predicted molar refractivity (Wildman–Crippen MR) is 133 cm³/mol. The maximum atomic E-state index is 12.7. The number of amides is 1. The summed E-state index contributed by atoms with van der Waals surface area (Å²) < 4.78 is 10.7. The number of thioether (sulfide) groups is 1. The molecule has 7 nitrogen and oxygen atoms in total. The molecular formula is C25H22N4O3S2. The van der Waals surface area contributed by atoms with Gasteiger partial charge in [-0.15, -0.1) is 11.3 Å². The quantitative estimate of drug-likeness (QED) is 0.455. The van der Waals surface area contributed by atoms with E-state index in [9.17, 15) is 15.3 Å². The minimum Gasteiger partial charge on any atom is -0.493 e. The number of carbonyl (C=O) groups is 1. The van der Waals surface area contributed by atoms with Gasteiger partial charge >= 0.3 is 0 Å². The van der Waals surface area contributed by atoms with Crippen LogP contribution in [0.15, 0.2) is 35.4 Å². The Balaban J connectivity index is 1.51. The van der Waals surface area contributed by atoms with Crippen LogP contribution in [0.2, 0.25) is 0 Å². The van der Waals surface area contributed by atoms with Crippen molar-refractivity contribution >= 4 is 34.0 Å². The number of aryl methyl sites for hydroxylation is 1. The van der Waals surface area contributed by atoms with E-state index < -0.39 is 0 Å². The molecule has 9 heteroatoms. The average molecular weight is 491 g/mol. The molecule has 2 heterocycles. The molecule has 1 aliphatic carbocycles. The van der Waals surface area contributed by atoms with Gasteiger partial charge in [0, 0.05) is 10.4 Å². The monoisotopic (exact) mass is 490 g/mol. The first-order chi connectivity index (χ1) is 16.6. The molecule has 1 N–H and O–H groups in total. The molecule has 0 saturated carbocycles. The predicted octanol–water partition coefficient (Wildman–Crippen LogP) is 5.18. The Kier molecular flexibility index (Phi) is 7.36. The van der Waals surface area contributed by atoms with E-state index in [1.807, 2.05) is 12.1 Å². The number of hydrogen-bond donors (Lipinski definition) is 1. The zero-order valence-corrected chi connectivity index (χ0v) is 20.4. The zero-order valence-electron chi connectivity index (χ0n) is 18.8. The first kappa shape index (κ1) is 23.6. The summed E-state index contributed by atoms with van der Waals surface area (Å²) in [6.45, 7) is 0. The van der Waals surface area contributed by atoms with Crippen LogP contribution in [0.5, 0.6) is 11.5 Å². The Hall–Kier alpha value is -3.53. The molecule has 0 aliphatic heterocycles. The summed E-state index contributed by atoms with van der Waals surface area (Å²) in [7, 11) is 3.14. The van der Waals surface area contributed by atoms with Gasteiger partial charge < -0.3 is 14.8 Å².